The Kier molecular flexibility index (Phi) is 3.07. The van der Waals surface area contributed by atoms with Crippen LogP contribution in [0.3, 0.4) is 0 Å². The van der Waals surface area contributed by atoms with E-state index in [1.165, 1.54) is 16.3 Å². The molecule has 0 spiro atoms. The molecule has 0 radical (unpaired) electrons. The molecule has 0 amide bonds. The number of aromatic amines is 1. The van der Waals surface area contributed by atoms with Crippen LogP contribution in [0.2, 0.25) is 0 Å². The molecule has 17 heavy (non-hydrogen) atoms. The van der Waals surface area contributed by atoms with Gasteiger partial charge in [-0.1, -0.05) is 0 Å². The maximum absolute atomic E-state index is 11.3. The average Bonchev–Trinajstić information content (AvgIpc) is 2.73. The number of hydrogen-bond acceptors (Lipinski definition) is 5. The standard InChI is InChI=1S/C9H14N6OS/c1-5-6(4-10)7(15(3)13-5)17-9-12-11-8(16)14(9)2/h4,10H2,1-3H3,(H,11,16). The van der Waals surface area contributed by atoms with Gasteiger partial charge in [0.1, 0.15) is 5.03 Å². The van der Waals surface area contributed by atoms with E-state index < -0.39 is 0 Å². The van der Waals surface area contributed by atoms with Crippen molar-refractivity contribution in [3.05, 3.63) is 21.7 Å². The van der Waals surface area contributed by atoms with E-state index >= 15 is 0 Å². The smallest absolute Gasteiger partial charge is 0.326 e. The minimum absolute atomic E-state index is 0.235. The maximum atomic E-state index is 11.3. The van der Waals surface area contributed by atoms with E-state index in [1.807, 2.05) is 14.0 Å². The molecule has 2 aromatic heterocycles. The van der Waals surface area contributed by atoms with Crippen LogP contribution in [0.1, 0.15) is 11.3 Å². The summed E-state index contributed by atoms with van der Waals surface area (Å²) in [6.07, 6.45) is 0. The lowest BCUT2D eigenvalue weighted by Crippen LogP contribution is -2.13. The van der Waals surface area contributed by atoms with Crippen LogP contribution < -0.4 is 11.4 Å². The molecule has 8 heteroatoms. The van der Waals surface area contributed by atoms with Gasteiger partial charge in [0.15, 0.2) is 5.16 Å². The van der Waals surface area contributed by atoms with Gasteiger partial charge in [0.2, 0.25) is 0 Å². The highest BCUT2D eigenvalue weighted by atomic mass is 32.2. The van der Waals surface area contributed by atoms with Gasteiger partial charge in [-0.2, -0.15) is 5.10 Å². The van der Waals surface area contributed by atoms with Crippen molar-refractivity contribution in [2.45, 2.75) is 23.7 Å². The normalized spacial score (nSPS) is 11.1. The summed E-state index contributed by atoms with van der Waals surface area (Å²) < 4.78 is 3.20. The van der Waals surface area contributed by atoms with Gasteiger partial charge in [-0.15, -0.1) is 5.10 Å². The van der Waals surface area contributed by atoms with Gasteiger partial charge in [0, 0.05) is 26.2 Å². The van der Waals surface area contributed by atoms with E-state index in [4.69, 9.17) is 5.73 Å². The van der Waals surface area contributed by atoms with E-state index in [0.717, 1.165) is 16.3 Å². The number of H-pyrrole nitrogens is 1. The molecular weight excluding hydrogens is 240 g/mol. The van der Waals surface area contributed by atoms with Crippen LogP contribution in [0.4, 0.5) is 0 Å². The second-order valence-electron chi connectivity index (χ2n) is 3.67. The first kappa shape index (κ1) is 11.9. The molecule has 0 aliphatic rings. The van der Waals surface area contributed by atoms with Crippen LogP contribution in [0, 0.1) is 6.92 Å². The Bertz CT molecular complexity index is 595. The van der Waals surface area contributed by atoms with Crippen molar-refractivity contribution >= 4 is 11.8 Å². The van der Waals surface area contributed by atoms with Crippen molar-refractivity contribution in [1.29, 1.82) is 0 Å². The summed E-state index contributed by atoms with van der Waals surface area (Å²) in [6, 6.07) is 0. The number of nitrogens with one attached hydrogen (secondary N) is 1. The zero-order chi connectivity index (χ0) is 12.6. The summed E-state index contributed by atoms with van der Waals surface area (Å²) in [4.78, 5) is 11.3. The minimum Gasteiger partial charge on any atom is -0.326 e. The highest BCUT2D eigenvalue weighted by molar-refractivity contribution is 7.99. The lowest BCUT2D eigenvalue weighted by molar-refractivity contribution is 0.683. The molecule has 0 bridgehead atoms. The number of aryl methyl sites for hydroxylation is 2. The molecular formula is C9H14N6OS. The lowest BCUT2D eigenvalue weighted by atomic mass is 10.3. The summed E-state index contributed by atoms with van der Waals surface area (Å²) >= 11 is 1.37. The molecule has 0 fully saturated rings. The summed E-state index contributed by atoms with van der Waals surface area (Å²) in [5, 5.41) is 12.1. The molecule has 0 aliphatic carbocycles. The molecule has 0 saturated carbocycles. The average molecular weight is 254 g/mol. The van der Waals surface area contributed by atoms with Gasteiger partial charge >= 0.3 is 5.69 Å². The molecule has 92 valence electrons. The van der Waals surface area contributed by atoms with Crippen LogP contribution in [0.5, 0.6) is 0 Å². The Morgan fingerprint density at radius 1 is 1.47 bits per heavy atom. The van der Waals surface area contributed by atoms with Gasteiger partial charge in [-0.25, -0.2) is 9.89 Å². The fourth-order valence-corrected chi connectivity index (χ4v) is 2.57. The van der Waals surface area contributed by atoms with Crippen molar-refractivity contribution in [1.82, 2.24) is 24.5 Å². The van der Waals surface area contributed by atoms with Crippen LogP contribution in [0.15, 0.2) is 15.0 Å². The van der Waals surface area contributed by atoms with Crippen molar-refractivity contribution in [2.75, 3.05) is 0 Å². The van der Waals surface area contributed by atoms with Gasteiger partial charge in [0.25, 0.3) is 0 Å². The van der Waals surface area contributed by atoms with Crippen LogP contribution in [-0.2, 0) is 20.6 Å². The molecule has 0 aliphatic heterocycles. The highest BCUT2D eigenvalue weighted by Gasteiger charge is 2.16. The van der Waals surface area contributed by atoms with Crippen molar-refractivity contribution in [3.63, 3.8) is 0 Å². The van der Waals surface area contributed by atoms with E-state index in [-0.39, 0.29) is 5.69 Å². The summed E-state index contributed by atoms with van der Waals surface area (Å²) in [5.41, 5.74) is 7.34. The van der Waals surface area contributed by atoms with Gasteiger partial charge in [-0.05, 0) is 18.7 Å². The highest BCUT2D eigenvalue weighted by Crippen LogP contribution is 2.29. The summed E-state index contributed by atoms with van der Waals surface area (Å²) in [7, 11) is 3.51. The zero-order valence-electron chi connectivity index (χ0n) is 9.89. The Morgan fingerprint density at radius 2 is 2.18 bits per heavy atom. The zero-order valence-corrected chi connectivity index (χ0v) is 10.7. The Labute approximate surface area is 102 Å². The van der Waals surface area contributed by atoms with Gasteiger partial charge in [0.05, 0.1) is 5.69 Å². The lowest BCUT2D eigenvalue weighted by Gasteiger charge is -2.03. The van der Waals surface area contributed by atoms with Gasteiger partial charge in [-0.3, -0.25) is 9.25 Å². The minimum atomic E-state index is -0.235. The van der Waals surface area contributed by atoms with Crippen LogP contribution in [-0.4, -0.2) is 24.5 Å². The first-order valence-electron chi connectivity index (χ1n) is 5.06. The van der Waals surface area contributed by atoms with Crippen LogP contribution in [0.25, 0.3) is 0 Å². The molecule has 2 heterocycles. The second kappa shape index (κ2) is 4.38. The largest absolute Gasteiger partial charge is 0.343 e. The molecule has 3 N–H and O–H groups in total. The third kappa shape index (κ3) is 2.01. The third-order valence-corrected chi connectivity index (χ3v) is 3.77. The number of nitrogens with two attached hydrogens (primary N) is 1. The Balaban J connectivity index is 2.42. The SMILES string of the molecule is Cc1nn(C)c(Sc2n[nH]c(=O)n2C)c1CN. The molecule has 0 unspecified atom stereocenters. The van der Waals surface area contributed by atoms with E-state index in [9.17, 15) is 4.79 Å². The van der Waals surface area contributed by atoms with E-state index in [0.29, 0.717) is 11.7 Å². The molecule has 2 rings (SSSR count). The Hall–Kier alpha value is -1.54. The molecule has 0 aromatic carbocycles. The molecule has 0 saturated heterocycles. The number of nitrogens with zero attached hydrogens (tertiary/aromatic N) is 4. The number of rotatable bonds is 3. The molecule has 2 aromatic rings. The first-order chi connectivity index (χ1) is 8.04. The Morgan fingerprint density at radius 3 is 2.71 bits per heavy atom. The second-order valence-corrected chi connectivity index (χ2v) is 4.63. The number of aromatic nitrogens is 5. The number of hydrogen-bond donors (Lipinski definition) is 2. The molecule has 0 atom stereocenters. The third-order valence-electron chi connectivity index (χ3n) is 2.52. The van der Waals surface area contributed by atoms with Crippen LogP contribution >= 0.6 is 11.8 Å². The first-order valence-corrected chi connectivity index (χ1v) is 5.88. The predicted molar refractivity (Wildman–Crippen MR) is 63.8 cm³/mol. The topological polar surface area (TPSA) is 94.5 Å². The van der Waals surface area contributed by atoms with Gasteiger partial charge < -0.3 is 5.73 Å². The predicted octanol–water partition coefficient (Wildman–Crippen LogP) is -0.240. The van der Waals surface area contributed by atoms with Crippen molar-refractivity contribution < 1.29 is 0 Å². The van der Waals surface area contributed by atoms with Crippen molar-refractivity contribution in [3.8, 4) is 0 Å². The fraction of sp³-hybridized carbons (Fsp3) is 0.444. The summed E-state index contributed by atoms with van der Waals surface area (Å²) in [6.45, 7) is 2.33. The summed E-state index contributed by atoms with van der Waals surface area (Å²) in [5.74, 6) is 0. The van der Waals surface area contributed by atoms with E-state index in [1.54, 1.807) is 11.7 Å². The van der Waals surface area contributed by atoms with Crippen molar-refractivity contribution in [2.24, 2.45) is 19.8 Å². The fourth-order valence-electron chi connectivity index (χ4n) is 1.55. The van der Waals surface area contributed by atoms with E-state index in [2.05, 4.69) is 15.3 Å². The molecule has 7 nitrogen and oxygen atoms in total. The quantitative estimate of drug-likeness (QED) is 0.788. The maximum Gasteiger partial charge on any atom is 0.343 e. The monoisotopic (exact) mass is 254 g/mol.